The summed E-state index contributed by atoms with van der Waals surface area (Å²) in [5, 5.41) is 7.34. The largest absolute Gasteiger partial charge is 0.419 e. The highest BCUT2D eigenvalue weighted by atomic mass is 19.1. The Bertz CT molecular complexity index is 568. The van der Waals surface area contributed by atoms with Crippen LogP contribution in [0.4, 0.5) is 8.78 Å². The van der Waals surface area contributed by atoms with Crippen LogP contribution >= 0.6 is 0 Å². The third-order valence-corrected chi connectivity index (χ3v) is 2.70. The van der Waals surface area contributed by atoms with Crippen LogP contribution in [0.3, 0.4) is 0 Å². The van der Waals surface area contributed by atoms with Crippen LogP contribution in [0.1, 0.15) is 30.8 Å². The molecule has 1 aromatic heterocycles. The highest BCUT2D eigenvalue weighted by Crippen LogP contribution is 2.28. The molecule has 2 aromatic rings. The fourth-order valence-electron chi connectivity index (χ4n) is 1.51. The van der Waals surface area contributed by atoms with Crippen molar-refractivity contribution in [2.24, 2.45) is 5.73 Å². The Hall–Kier alpha value is -1.82. The normalized spacial score (nSPS) is 12.7. The van der Waals surface area contributed by atoms with E-state index in [0.29, 0.717) is 12.0 Å². The van der Waals surface area contributed by atoms with E-state index >= 15 is 0 Å². The molecule has 0 aliphatic heterocycles. The minimum Gasteiger partial charge on any atom is -0.419 e. The molecule has 0 radical (unpaired) electrons. The van der Waals surface area contributed by atoms with E-state index < -0.39 is 17.7 Å². The van der Waals surface area contributed by atoms with E-state index in [9.17, 15) is 8.78 Å². The van der Waals surface area contributed by atoms with Crippen molar-refractivity contribution in [1.29, 1.82) is 0 Å². The van der Waals surface area contributed by atoms with E-state index in [-0.39, 0.29) is 17.3 Å². The van der Waals surface area contributed by atoms with Gasteiger partial charge in [0.15, 0.2) is 0 Å². The standard InChI is InChI=1S/C12H13F2N3O/c1-3-8(15)11-16-17-12(18-11)9-7(13)5-4-6(2)10(9)14/h4-5,8H,3,15H2,1-2H3. The summed E-state index contributed by atoms with van der Waals surface area (Å²) < 4.78 is 32.7. The van der Waals surface area contributed by atoms with Crippen LogP contribution in [-0.2, 0) is 0 Å². The van der Waals surface area contributed by atoms with Crippen molar-refractivity contribution in [2.45, 2.75) is 26.3 Å². The predicted octanol–water partition coefficient (Wildman–Crippen LogP) is 2.73. The predicted molar refractivity (Wildman–Crippen MR) is 61.6 cm³/mol. The van der Waals surface area contributed by atoms with Gasteiger partial charge in [0.05, 0.1) is 6.04 Å². The smallest absolute Gasteiger partial charge is 0.253 e. The molecule has 0 bridgehead atoms. The van der Waals surface area contributed by atoms with Gasteiger partial charge in [0.25, 0.3) is 5.89 Å². The van der Waals surface area contributed by atoms with E-state index in [2.05, 4.69) is 10.2 Å². The molecular formula is C12H13F2N3O. The summed E-state index contributed by atoms with van der Waals surface area (Å²) >= 11 is 0. The van der Waals surface area contributed by atoms with Crippen LogP contribution in [0.25, 0.3) is 11.5 Å². The molecule has 0 saturated heterocycles. The molecule has 0 amide bonds. The maximum absolute atomic E-state index is 13.8. The fourth-order valence-corrected chi connectivity index (χ4v) is 1.51. The lowest BCUT2D eigenvalue weighted by Crippen LogP contribution is -2.08. The Morgan fingerprint density at radius 1 is 1.33 bits per heavy atom. The minimum atomic E-state index is -0.738. The first-order valence-electron chi connectivity index (χ1n) is 5.58. The van der Waals surface area contributed by atoms with Gasteiger partial charge in [0, 0.05) is 0 Å². The van der Waals surface area contributed by atoms with E-state index in [1.165, 1.54) is 13.0 Å². The first-order valence-corrected chi connectivity index (χ1v) is 5.58. The quantitative estimate of drug-likeness (QED) is 0.913. The summed E-state index contributed by atoms with van der Waals surface area (Å²) in [6, 6.07) is 2.09. The molecule has 96 valence electrons. The molecule has 1 unspecified atom stereocenters. The molecule has 1 atom stereocenters. The average Bonchev–Trinajstić information content (AvgIpc) is 2.83. The van der Waals surface area contributed by atoms with E-state index in [1.807, 2.05) is 6.92 Å². The molecule has 2 N–H and O–H groups in total. The fraction of sp³-hybridized carbons (Fsp3) is 0.333. The second-order valence-electron chi connectivity index (χ2n) is 4.01. The Morgan fingerprint density at radius 3 is 2.72 bits per heavy atom. The number of rotatable bonds is 3. The van der Waals surface area contributed by atoms with Crippen LogP contribution in [-0.4, -0.2) is 10.2 Å². The van der Waals surface area contributed by atoms with Crippen LogP contribution in [0.5, 0.6) is 0 Å². The van der Waals surface area contributed by atoms with Gasteiger partial charge in [-0.2, -0.15) is 0 Å². The SMILES string of the molecule is CCC(N)c1nnc(-c2c(F)ccc(C)c2F)o1. The number of hydrogen-bond donors (Lipinski definition) is 1. The van der Waals surface area contributed by atoms with Crippen molar-refractivity contribution in [3.8, 4) is 11.5 Å². The molecule has 1 heterocycles. The van der Waals surface area contributed by atoms with Crippen molar-refractivity contribution in [3.63, 3.8) is 0 Å². The van der Waals surface area contributed by atoms with Crippen molar-refractivity contribution in [1.82, 2.24) is 10.2 Å². The van der Waals surface area contributed by atoms with Crippen LogP contribution in [0, 0.1) is 18.6 Å². The first kappa shape index (κ1) is 12.6. The Kier molecular flexibility index (Phi) is 3.38. The summed E-state index contributed by atoms with van der Waals surface area (Å²) in [6.07, 6.45) is 0.598. The number of halogens is 2. The van der Waals surface area contributed by atoms with Crippen molar-refractivity contribution in [3.05, 3.63) is 35.2 Å². The molecule has 6 heteroatoms. The monoisotopic (exact) mass is 253 g/mol. The Labute approximate surface area is 103 Å². The number of hydrogen-bond acceptors (Lipinski definition) is 4. The van der Waals surface area contributed by atoms with Crippen molar-refractivity contribution in [2.75, 3.05) is 0 Å². The highest BCUT2D eigenvalue weighted by molar-refractivity contribution is 5.56. The third kappa shape index (κ3) is 2.11. The van der Waals surface area contributed by atoms with Gasteiger partial charge in [-0.25, -0.2) is 8.78 Å². The number of aromatic nitrogens is 2. The maximum Gasteiger partial charge on any atom is 0.253 e. The molecule has 0 aliphatic carbocycles. The lowest BCUT2D eigenvalue weighted by molar-refractivity contribution is 0.447. The molecule has 0 spiro atoms. The van der Waals surface area contributed by atoms with Gasteiger partial charge in [0.2, 0.25) is 5.89 Å². The molecule has 0 saturated carbocycles. The summed E-state index contributed by atoms with van der Waals surface area (Å²) in [4.78, 5) is 0. The number of benzene rings is 1. The van der Waals surface area contributed by atoms with Gasteiger partial charge in [-0.1, -0.05) is 13.0 Å². The van der Waals surface area contributed by atoms with Crippen molar-refractivity contribution >= 4 is 0 Å². The zero-order valence-electron chi connectivity index (χ0n) is 10.1. The number of nitrogens with zero attached hydrogens (tertiary/aromatic N) is 2. The molecule has 1 aromatic carbocycles. The summed E-state index contributed by atoms with van der Waals surface area (Å²) in [6.45, 7) is 3.38. The summed E-state index contributed by atoms with van der Waals surface area (Å²) in [7, 11) is 0. The van der Waals surface area contributed by atoms with Crippen LogP contribution in [0.2, 0.25) is 0 Å². The topological polar surface area (TPSA) is 64.9 Å². The van der Waals surface area contributed by atoms with Gasteiger partial charge in [-0.05, 0) is 25.0 Å². The molecular weight excluding hydrogens is 240 g/mol. The lowest BCUT2D eigenvalue weighted by atomic mass is 10.1. The van der Waals surface area contributed by atoms with Gasteiger partial charge in [-0.3, -0.25) is 0 Å². The lowest BCUT2D eigenvalue weighted by Gasteiger charge is -2.03. The first-order chi connectivity index (χ1) is 8.54. The molecule has 18 heavy (non-hydrogen) atoms. The van der Waals surface area contributed by atoms with Gasteiger partial charge < -0.3 is 10.2 Å². The Morgan fingerprint density at radius 2 is 2.06 bits per heavy atom. The Balaban J connectivity index is 2.49. The van der Waals surface area contributed by atoms with Gasteiger partial charge in [0.1, 0.15) is 17.2 Å². The number of aryl methyl sites for hydroxylation is 1. The molecule has 0 fully saturated rings. The maximum atomic E-state index is 13.8. The summed E-state index contributed by atoms with van der Waals surface area (Å²) in [5.41, 5.74) is 5.71. The molecule has 2 rings (SSSR count). The van der Waals surface area contributed by atoms with Crippen LogP contribution in [0.15, 0.2) is 16.5 Å². The van der Waals surface area contributed by atoms with Gasteiger partial charge >= 0.3 is 0 Å². The average molecular weight is 253 g/mol. The molecule has 0 aliphatic rings. The number of nitrogens with two attached hydrogens (primary N) is 1. The zero-order valence-corrected chi connectivity index (χ0v) is 10.1. The second kappa shape index (κ2) is 4.81. The minimum absolute atomic E-state index is 0.174. The second-order valence-corrected chi connectivity index (χ2v) is 4.01. The third-order valence-electron chi connectivity index (χ3n) is 2.70. The van der Waals surface area contributed by atoms with E-state index in [1.54, 1.807) is 0 Å². The van der Waals surface area contributed by atoms with Crippen molar-refractivity contribution < 1.29 is 13.2 Å². The highest BCUT2D eigenvalue weighted by Gasteiger charge is 2.21. The van der Waals surface area contributed by atoms with E-state index in [4.69, 9.17) is 10.2 Å². The van der Waals surface area contributed by atoms with E-state index in [0.717, 1.165) is 6.07 Å². The van der Waals surface area contributed by atoms with Gasteiger partial charge in [-0.15, -0.1) is 10.2 Å². The summed E-state index contributed by atoms with van der Waals surface area (Å²) in [5.74, 6) is -1.45. The zero-order chi connectivity index (χ0) is 13.3. The molecule has 4 nitrogen and oxygen atoms in total. The van der Waals surface area contributed by atoms with Crippen LogP contribution < -0.4 is 5.73 Å².